The van der Waals surface area contributed by atoms with Gasteiger partial charge in [0.15, 0.2) is 0 Å². The van der Waals surface area contributed by atoms with E-state index in [9.17, 15) is 0 Å². The minimum atomic E-state index is -3.39. The third-order valence-electron chi connectivity index (χ3n) is 3.14. The zero-order valence-electron chi connectivity index (χ0n) is 13.1. The molecule has 3 aromatic rings. The fraction of sp³-hybridized carbons (Fsp3) is 0. The Morgan fingerprint density at radius 3 is 1.08 bits per heavy atom. The van der Waals surface area contributed by atoms with Crippen LogP contribution in [0.1, 0.15) is 0 Å². The molecule has 3 rings (SSSR count). The van der Waals surface area contributed by atoms with Gasteiger partial charge in [0.2, 0.25) is 0 Å². The third kappa shape index (κ3) is 4.85. The van der Waals surface area contributed by atoms with Gasteiger partial charge in [0, 0.05) is 11.8 Å². The lowest BCUT2D eigenvalue weighted by molar-refractivity contribution is 0.384. The van der Waals surface area contributed by atoms with Gasteiger partial charge in [0.25, 0.3) is 0 Å². The van der Waals surface area contributed by atoms with Crippen LogP contribution < -0.4 is 13.6 Å². The molecule has 0 saturated heterocycles. The molecule has 134 valence electrons. The van der Waals surface area contributed by atoms with Crippen LogP contribution in [0, 0.1) is 0 Å². The largest absolute Gasteiger partial charge is 0.490 e. The SMILES string of the molecule is S=P(Oc1ccccc1Cl)(Oc1ccccc1Cl)Oc1ccccc1Cl. The molecule has 0 bridgehead atoms. The molecule has 0 unspecified atom stereocenters. The summed E-state index contributed by atoms with van der Waals surface area (Å²) in [5, 5.41) is 1.15. The molecule has 0 fully saturated rings. The van der Waals surface area contributed by atoms with Crippen molar-refractivity contribution >= 4 is 53.3 Å². The van der Waals surface area contributed by atoms with E-state index in [-0.39, 0.29) is 0 Å². The average molecular weight is 446 g/mol. The molecule has 0 radical (unpaired) electrons. The van der Waals surface area contributed by atoms with Crippen molar-refractivity contribution in [2.24, 2.45) is 0 Å². The van der Waals surface area contributed by atoms with Gasteiger partial charge >= 0.3 is 6.72 Å². The number of benzene rings is 3. The van der Waals surface area contributed by atoms with Crippen molar-refractivity contribution in [2.45, 2.75) is 0 Å². The average Bonchev–Trinajstić information content (AvgIpc) is 2.61. The van der Waals surface area contributed by atoms with Crippen LogP contribution >= 0.6 is 41.5 Å². The van der Waals surface area contributed by atoms with Crippen LogP contribution in [-0.2, 0) is 11.8 Å². The summed E-state index contributed by atoms with van der Waals surface area (Å²) in [6, 6.07) is 20.7. The van der Waals surface area contributed by atoms with Crippen LogP contribution in [0.2, 0.25) is 15.1 Å². The minimum Gasteiger partial charge on any atom is -0.405 e. The number of halogens is 3. The highest BCUT2D eigenvalue weighted by Crippen LogP contribution is 2.53. The Labute approximate surface area is 171 Å². The number of hydrogen-bond donors (Lipinski definition) is 0. The van der Waals surface area contributed by atoms with Crippen LogP contribution in [0.4, 0.5) is 0 Å². The molecule has 0 aliphatic heterocycles. The Morgan fingerprint density at radius 1 is 0.538 bits per heavy atom. The maximum absolute atomic E-state index is 6.18. The van der Waals surface area contributed by atoms with Crippen molar-refractivity contribution < 1.29 is 13.6 Å². The quantitative estimate of drug-likeness (QED) is 0.369. The molecule has 0 spiro atoms. The molecule has 0 amide bonds. The molecule has 3 aromatic carbocycles. The van der Waals surface area contributed by atoms with Crippen molar-refractivity contribution in [2.75, 3.05) is 0 Å². The fourth-order valence-electron chi connectivity index (χ4n) is 1.97. The summed E-state index contributed by atoms with van der Waals surface area (Å²) in [6.45, 7) is -3.39. The van der Waals surface area contributed by atoms with Gasteiger partial charge in [-0.25, -0.2) is 0 Å². The van der Waals surface area contributed by atoms with Gasteiger partial charge in [-0.15, -0.1) is 0 Å². The number of para-hydroxylation sites is 3. The molecule has 0 aromatic heterocycles. The van der Waals surface area contributed by atoms with Crippen molar-refractivity contribution in [1.29, 1.82) is 0 Å². The van der Waals surface area contributed by atoms with Gasteiger partial charge in [-0.1, -0.05) is 71.2 Å². The molecule has 8 heteroatoms. The third-order valence-corrected chi connectivity index (χ3v) is 6.01. The molecule has 0 heterocycles. The van der Waals surface area contributed by atoms with Crippen LogP contribution in [0.3, 0.4) is 0 Å². The van der Waals surface area contributed by atoms with Gasteiger partial charge in [-0.3, -0.25) is 0 Å². The maximum Gasteiger partial charge on any atom is 0.490 e. The monoisotopic (exact) mass is 444 g/mol. The molecular formula is C18H12Cl3O3PS. The van der Waals surface area contributed by atoms with Crippen molar-refractivity contribution in [3.63, 3.8) is 0 Å². The van der Waals surface area contributed by atoms with E-state index in [1.54, 1.807) is 72.8 Å². The van der Waals surface area contributed by atoms with E-state index >= 15 is 0 Å². The first-order valence-corrected chi connectivity index (χ1v) is 11.1. The number of hydrogen-bond acceptors (Lipinski definition) is 4. The second-order valence-electron chi connectivity index (χ2n) is 5.01. The Hall–Kier alpha value is -1.42. The Bertz CT molecular complexity index is 845. The first kappa shape index (κ1) is 19.3. The van der Waals surface area contributed by atoms with Gasteiger partial charge < -0.3 is 13.6 Å². The fourth-order valence-corrected chi connectivity index (χ4v) is 4.69. The van der Waals surface area contributed by atoms with E-state index in [2.05, 4.69) is 0 Å². The molecule has 26 heavy (non-hydrogen) atoms. The normalized spacial score (nSPS) is 11.0. The smallest absolute Gasteiger partial charge is 0.405 e. The Morgan fingerprint density at radius 2 is 0.808 bits per heavy atom. The zero-order valence-corrected chi connectivity index (χ0v) is 17.1. The van der Waals surface area contributed by atoms with E-state index in [1.807, 2.05) is 0 Å². The lowest BCUT2D eigenvalue weighted by Crippen LogP contribution is -2.08. The molecule has 0 aliphatic rings. The zero-order chi connectivity index (χ0) is 18.6. The first-order chi connectivity index (χ1) is 12.5. The summed E-state index contributed by atoms with van der Waals surface area (Å²) in [7, 11) is 0. The molecule has 0 aliphatic carbocycles. The highest BCUT2D eigenvalue weighted by molar-refractivity contribution is 8.08. The summed E-state index contributed by atoms with van der Waals surface area (Å²) in [5.74, 6) is 1.03. The van der Waals surface area contributed by atoms with Crippen molar-refractivity contribution in [1.82, 2.24) is 0 Å². The lowest BCUT2D eigenvalue weighted by atomic mass is 10.3. The second kappa shape index (κ2) is 8.51. The van der Waals surface area contributed by atoms with E-state index in [0.717, 1.165) is 0 Å². The topological polar surface area (TPSA) is 27.7 Å². The summed E-state index contributed by atoms with van der Waals surface area (Å²) in [5.41, 5.74) is 0. The summed E-state index contributed by atoms with van der Waals surface area (Å²) in [6.07, 6.45) is 0. The van der Waals surface area contributed by atoms with E-state index in [1.165, 1.54) is 0 Å². The maximum atomic E-state index is 6.18. The predicted molar refractivity (Wildman–Crippen MR) is 111 cm³/mol. The second-order valence-corrected chi connectivity index (χ2v) is 9.02. The standard InChI is InChI=1S/C18H12Cl3O3PS/c19-13-7-1-4-10-16(13)22-25(26,23-17-11-5-2-8-14(17)20)24-18-12-6-3-9-15(18)21/h1-12H. The van der Waals surface area contributed by atoms with Gasteiger partial charge in [0.1, 0.15) is 17.2 Å². The van der Waals surface area contributed by atoms with Crippen LogP contribution in [0.15, 0.2) is 72.8 Å². The van der Waals surface area contributed by atoms with Crippen LogP contribution in [0.25, 0.3) is 0 Å². The summed E-state index contributed by atoms with van der Waals surface area (Å²) >= 11 is 24.1. The van der Waals surface area contributed by atoms with Crippen LogP contribution in [0.5, 0.6) is 17.2 Å². The van der Waals surface area contributed by atoms with Gasteiger partial charge in [0.05, 0.1) is 15.1 Å². The molecule has 3 nitrogen and oxygen atoms in total. The van der Waals surface area contributed by atoms with Crippen molar-refractivity contribution in [3.05, 3.63) is 87.9 Å². The van der Waals surface area contributed by atoms with Gasteiger partial charge in [-0.05, 0) is 36.4 Å². The summed E-state index contributed by atoms with van der Waals surface area (Å²) in [4.78, 5) is 0. The van der Waals surface area contributed by atoms with E-state index < -0.39 is 6.72 Å². The number of rotatable bonds is 6. The minimum absolute atomic E-state index is 0.344. The molecule has 0 N–H and O–H groups in total. The highest BCUT2D eigenvalue weighted by Gasteiger charge is 2.29. The highest BCUT2D eigenvalue weighted by atomic mass is 35.5. The summed E-state index contributed by atoms with van der Waals surface area (Å²) < 4.78 is 17.6. The van der Waals surface area contributed by atoms with Crippen molar-refractivity contribution in [3.8, 4) is 17.2 Å². The van der Waals surface area contributed by atoms with E-state index in [4.69, 9.17) is 60.2 Å². The molecular weight excluding hydrogens is 434 g/mol. The van der Waals surface area contributed by atoms with E-state index in [0.29, 0.717) is 32.3 Å². The lowest BCUT2D eigenvalue weighted by Gasteiger charge is -2.24. The Kier molecular flexibility index (Phi) is 6.33. The molecule has 0 saturated carbocycles. The van der Waals surface area contributed by atoms with Gasteiger partial charge in [-0.2, -0.15) is 0 Å². The Balaban J connectivity index is 1.97. The van der Waals surface area contributed by atoms with Crippen LogP contribution in [-0.4, -0.2) is 0 Å². The predicted octanol–water partition coefficient (Wildman–Crippen LogP) is 7.41. The first-order valence-electron chi connectivity index (χ1n) is 7.39. The molecule has 0 atom stereocenters.